The van der Waals surface area contributed by atoms with E-state index in [1.807, 2.05) is 5.01 Å². The number of hydrogen-bond donors (Lipinski definition) is 1. The lowest BCUT2D eigenvalue weighted by atomic mass is 9.88. The van der Waals surface area contributed by atoms with E-state index in [0.29, 0.717) is 19.0 Å². The molecular weight excluding hydrogens is 292 g/mol. The van der Waals surface area contributed by atoms with E-state index >= 15 is 0 Å². The molecule has 1 aliphatic carbocycles. The second kappa shape index (κ2) is 7.43. The Bertz CT molecular complexity index is 462. The van der Waals surface area contributed by atoms with E-state index in [-0.39, 0.29) is 12.1 Å². The van der Waals surface area contributed by atoms with Gasteiger partial charge in [-0.15, -0.1) is 5.01 Å². The van der Waals surface area contributed by atoms with Crippen molar-refractivity contribution in [1.82, 2.24) is 15.2 Å². The highest BCUT2D eigenvalue weighted by Crippen LogP contribution is 2.30. The molecule has 6 nitrogen and oxygen atoms in total. The highest BCUT2D eigenvalue weighted by molar-refractivity contribution is 5.86. The molecule has 1 N–H and O–H groups in total. The summed E-state index contributed by atoms with van der Waals surface area (Å²) in [5, 5.41) is 4.86. The minimum atomic E-state index is -0.133. The molecule has 2 unspecified atom stereocenters. The third-order valence-corrected chi connectivity index (χ3v) is 5.54. The van der Waals surface area contributed by atoms with E-state index in [2.05, 4.69) is 16.8 Å². The maximum absolute atomic E-state index is 12.1. The van der Waals surface area contributed by atoms with Gasteiger partial charge >= 0.3 is 0 Å². The van der Waals surface area contributed by atoms with Crippen LogP contribution in [-0.2, 0) is 4.79 Å². The zero-order valence-corrected chi connectivity index (χ0v) is 14.0. The number of fused-ring (bicyclic) bond motifs is 1. The van der Waals surface area contributed by atoms with Gasteiger partial charge in [0.05, 0.1) is 17.9 Å². The number of hydrogen-bond acceptors (Lipinski definition) is 3. The van der Waals surface area contributed by atoms with Gasteiger partial charge in [0.1, 0.15) is 11.0 Å². The highest BCUT2D eigenvalue weighted by Gasteiger charge is 2.47. The first-order valence-electron chi connectivity index (χ1n) is 9.03. The van der Waals surface area contributed by atoms with E-state index in [1.54, 1.807) is 0 Å². The van der Waals surface area contributed by atoms with Crippen LogP contribution >= 0.6 is 0 Å². The van der Waals surface area contributed by atoms with Gasteiger partial charge in [0, 0.05) is 25.6 Å². The molecule has 1 amide bonds. The predicted molar refractivity (Wildman–Crippen MR) is 88.5 cm³/mol. The third kappa shape index (κ3) is 3.91. The van der Waals surface area contributed by atoms with Crippen molar-refractivity contribution in [1.29, 1.82) is 0 Å². The molecule has 3 aliphatic rings. The standard InChI is InChI=1S/C17H28N4O2/c1-2-16(22)18-10-15-12-19(11-14-6-4-3-5-7-14)17-8-9-21(23)20(17)13-15/h2,14-15,17H,1,3-13H2/p+1. The molecule has 0 bridgehead atoms. The average molecular weight is 321 g/mol. The Morgan fingerprint density at radius 2 is 1.96 bits per heavy atom. The molecule has 0 aromatic carbocycles. The summed E-state index contributed by atoms with van der Waals surface area (Å²) >= 11 is 0. The zero-order chi connectivity index (χ0) is 16.2. The van der Waals surface area contributed by atoms with Crippen LogP contribution in [0.25, 0.3) is 0 Å². The van der Waals surface area contributed by atoms with Crippen LogP contribution in [0.1, 0.15) is 38.5 Å². The largest absolute Gasteiger partial charge is 0.352 e. The summed E-state index contributed by atoms with van der Waals surface area (Å²) in [5.41, 5.74) is 0. The van der Waals surface area contributed by atoms with E-state index < -0.39 is 0 Å². The molecule has 0 aromatic rings. The lowest BCUT2D eigenvalue weighted by molar-refractivity contribution is -0.697. The van der Waals surface area contributed by atoms with Crippen LogP contribution in [-0.4, -0.2) is 59.6 Å². The number of hydrazine groups is 1. The number of rotatable bonds is 5. The Labute approximate surface area is 138 Å². The van der Waals surface area contributed by atoms with E-state index in [0.717, 1.165) is 36.8 Å². The molecule has 0 radical (unpaired) electrons. The Morgan fingerprint density at radius 3 is 2.70 bits per heavy atom. The molecule has 2 heterocycles. The maximum Gasteiger partial charge on any atom is 0.243 e. The van der Waals surface area contributed by atoms with Gasteiger partial charge in [-0.05, 0) is 24.8 Å². The van der Waals surface area contributed by atoms with Gasteiger partial charge in [0.2, 0.25) is 12.5 Å². The number of carbonyl (C=O) groups excluding carboxylic acids is 1. The molecule has 2 saturated heterocycles. The molecule has 2 aliphatic heterocycles. The monoisotopic (exact) mass is 321 g/mol. The molecular formula is C17H29N4O2+. The van der Waals surface area contributed by atoms with E-state index in [1.165, 1.54) is 38.2 Å². The van der Waals surface area contributed by atoms with Crippen molar-refractivity contribution in [3.63, 3.8) is 0 Å². The van der Waals surface area contributed by atoms with Gasteiger partial charge in [-0.25, -0.2) is 0 Å². The van der Waals surface area contributed by atoms with Crippen molar-refractivity contribution in [3.8, 4) is 0 Å². The topological polar surface area (TPSA) is 55.7 Å². The predicted octanol–water partition coefficient (Wildman–Crippen LogP) is 1.53. The minimum Gasteiger partial charge on any atom is -0.352 e. The lowest BCUT2D eigenvalue weighted by Crippen LogP contribution is -2.58. The van der Waals surface area contributed by atoms with Gasteiger partial charge in [0.25, 0.3) is 0 Å². The summed E-state index contributed by atoms with van der Waals surface area (Å²) in [7, 11) is 0. The van der Waals surface area contributed by atoms with Gasteiger partial charge in [-0.2, -0.15) is 0 Å². The number of nitrogens with zero attached hydrogens (tertiary/aromatic N) is 3. The molecule has 6 heteroatoms. The minimum absolute atomic E-state index is 0.133. The third-order valence-electron chi connectivity index (χ3n) is 5.54. The number of amides is 1. The first-order valence-corrected chi connectivity index (χ1v) is 9.03. The van der Waals surface area contributed by atoms with Crippen molar-refractivity contribution in [2.45, 2.75) is 44.7 Å². The van der Waals surface area contributed by atoms with Crippen LogP contribution in [0, 0.1) is 16.7 Å². The quantitative estimate of drug-likeness (QED) is 0.616. The van der Waals surface area contributed by atoms with Crippen LogP contribution in [0.2, 0.25) is 0 Å². The molecule has 3 rings (SSSR count). The molecule has 3 fully saturated rings. The molecule has 1 saturated carbocycles. The second-order valence-corrected chi connectivity index (χ2v) is 7.24. The van der Waals surface area contributed by atoms with Crippen LogP contribution in [0.15, 0.2) is 12.7 Å². The highest BCUT2D eigenvalue weighted by atomic mass is 16.3. The fourth-order valence-corrected chi connectivity index (χ4v) is 4.36. The normalized spacial score (nSPS) is 29.4. The Hall–Kier alpha value is -1.43. The van der Waals surface area contributed by atoms with E-state index in [9.17, 15) is 9.70 Å². The molecule has 0 aromatic heterocycles. The Morgan fingerprint density at radius 1 is 1.17 bits per heavy atom. The Kier molecular flexibility index (Phi) is 5.30. The fourth-order valence-electron chi connectivity index (χ4n) is 4.36. The summed E-state index contributed by atoms with van der Waals surface area (Å²) in [5.74, 6) is 0.937. The van der Waals surface area contributed by atoms with Crippen LogP contribution in [0.4, 0.5) is 0 Å². The summed E-state index contributed by atoms with van der Waals surface area (Å²) in [6.45, 7) is 7.52. The van der Waals surface area contributed by atoms with E-state index in [4.69, 9.17) is 0 Å². The molecule has 0 spiro atoms. The van der Waals surface area contributed by atoms with Crippen LogP contribution < -0.4 is 5.32 Å². The lowest BCUT2D eigenvalue weighted by Gasteiger charge is -2.41. The van der Waals surface area contributed by atoms with Crippen molar-refractivity contribution in [2.75, 3.05) is 32.7 Å². The van der Waals surface area contributed by atoms with Crippen molar-refractivity contribution in [3.05, 3.63) is 17.6 Å². The van der Waals surface area contributed by atoms with Gasteiger partial charge in [-0.1, -0.05) is 25.8 Å². The summed E-state index contributed by atoms with van der Waals surface area (Å²) in [6.07, 6.45) is 9.21. The summed E-state index contributed by atoms with van der Waals surface area (Å²) < 4.78 is 0. The second-order valence-electron chi connectivity index (χ2n) is 7.24. The average Bonchev–Trinajstić information content (AvgIpc) is 2.95. The first kappa shape index (κ1) is 16.4. The number of carbonyl (C=O) groups is 1. The van der Waals surface area contributed by atoms with Gasteiger partial charge < -0.3 is 5.32 Å². The van der Waals surface area contributed by atoms with Gasteiger partial charge in [-0.3, -0.25) is 9.69 Å². The first-order chi connectivity index (χ1) is 11.2. The van der Waals surface area contributed by atoms with Crippen LogP contribution in [0.3, 0.4) is 0 Å². The molecule has 2 atom stereocenters. The summed E-state index contributed by atoms with van der Waals surface area (Å²) in [4.78, 5) is 27.1. The maximum atomic E-state index is 12.1. The molecule has 23 heavy (non-hydrogen) atoms. The summed E-state index contributed by atoms with van der Waals surface area (Å²) in [6, 6.07) is 0. The van der Waals surface area contributed by atoms with Crippen molar-refractivity contribution in [2.24, 2.45) is 11.8 Å². The number of nitroso groups, excluding NO2 is 1. The van der Waals surface area contributed by atoms with Crippen molar-refractivity contribution >= 4 is 5.91 Å². The zero-order valence-electron chi connectivity index (χ0n) is 14.0. The smallest absolute Gasteiger partial charge is 0.243 e. The van der Waals surface area contributed by atoms with Crippen molar-refractivity contribution < 1.29 is 9.66 Å². The molecule has 128 valence electrons. The Balaban J connectivity index is 1.62. The van der Waals surface area contributed by atoms with Crippen LogP contribution in [0.5, 0.6) is 0 Å². The SMILES string of the molecule is C=CC(=O)NCC1CN(CC2CCCCC2)C2CC[N+](=O)N2C1. The fraction of sp³-hybridized carbons (Fsp3) is 0.824. The number of nitrogens with one attached hydrogen (secondary N) is 1. The van der Waals surface area contributed by atoms with Gasteiger partial charge in [0.15, 0.2) is 0 Å².